The van der Waals surface area contributed by atoms with E-state index in [0.717, 1.165) is 18.9 Å². The van der Waals surface area contributed by atoms with E-state index in [1.807, 2.05) is 0 Å². The van der Waals surface area contributed by atoms with Crippen molar-refractivity contribution in [1.29, 1.82) is 0 Å². The van der Waals surface area contributed by atoms with Gasteiger partial charge in [-0.1, -0.05) is 18.2 Å². The molecule has 2 atom stereocenters. The third kappa shape index (κ3) is 4.20. The van der Waals surface area contributed by atoms with Gasteiger partial charge in [0.1, 0.15) is 0 Å². The fraction of sp³-hybridized carbons (Fsp3) is 0.533. The molecule has 0 bridgehead atoms. The maximum absolute atomic E-state index is 13.0. The summed E-state index contributed by atoms with van der Waals surface area (Å²) >= 11 is 0. The van der Waals surface area contributed by atoms with E-state index >= 15 is 0 Å². The maximum atomic E-state index is 13.0. The number of alkyl halides is 3. The van der Waals surface area contributed by atoms with Crippen molar-refractivity contribution in [2.45, 2.75) is 51.0 Å². The minimum atomic E-state index is -4.40. The number of carbonyl (C=O) groups excluding carboxylic acids is 1. The zero-order valence-electron chi connectivity index (χ0n) is 12.0. The molecule has 0 radical (unpaired) electrons. The predicted molar refractivity (Wildman–Crippen MR) is 73.6 cm³/mol. The smallest absolute Gasteiger partial charge is 0.352 e. The van der Waals surface area contributed by atoms with Crippen molar-refractivity contribution in [3.8, 4) is 0 Å². The molecule has 1 aromatic rings. The second-order valence-electron chi connectivity index (χ2n) is 5.48. The van der Waals surface area contributed by atoms with Crippen molar-refractivity contribution >= 4 is 5.91 Å². The summed E-state index contributed by atoms with van der Waals surface area (Å²) in [7, 11) is 0. The fourth-order valence-electron chi connectivity index (χ4n) is 2.23. The summed E-state index contributed by atoms with van der Waals surface area (Å²) in [6, 6.07) is 4.55. The molecule has 2 unspecified atom stereocenters. The van der Waals surface area contributed by atoms with Crippen LogP contribution in [0, 0.1) is 0 Å². The number of carbonyl (C=O) groups is 1. The lowest BCUT2D eigenvalue weighted by Gasteiger charge is -2.23. The molecule has 2 N–H and O–H groups in total. The van der Waals surface area contributed by atoms with Crippen LogP contribution in [-0.2, 0) is 11.0 Å². The molecular weight excluding hydrogens is 281 g/mol. The Hall–Kier alpha value is -1.56. The van der Waals surface area contributed by atoms with E-state index in [9.17, 15) is 18.0 Å². The number of rotatable bonds is 5. The van der Waals surface area contributed by atoms with Crippen LogP contribution in [0.25, 0.3) is 0 Å². The summed E-state index contributed by atoms with van der Waals surface area (Å²) in [5, 5.41) is 5.76. The van der Waals surface area contributed by atoms with Crippen LogP contribution in [0.5, 0.6) is 0 Å². The molecule has 1 saturated carbocycles. The summed E-state index contributed by atoms with van der Waals surface area (Å²) in [5.74, 6) is -0.172. The first-order chi connectivity index (χ1) is 9.79. The van der Waals surface area contributed by atoms with Gasteiger partial charge in [-0.2, -0.15) is 13.2 Å². The molecule has 6 heteroatoms. The first-order valence-electron chi connectivity index (χ1n) is 7.01. The zero-order valence-corrected chi connectivity index (χ0v) is 12.0. The molecule has 1 aliphatic carbocycles. The van der Waals surface area contributed by atoms with Gasteiger partial charge in [0.25, 0.3) is 0 Å². The number of benzene rings is 1. The Bertz CT molecular complexity index is 512. The molecular formula is C15H19F3N2O. The van der Waals surface area contributed by atoms with E-state index in [2.05, 4.69) is 10.6 Å². The number of amides is 1. The molecule has 3 nitrogen and oxygen atoms in total. The van der Waals surface area contributed by atoms with Crippen LogP contribution in [0.3, 0.4) is 0 Å². The van der Waals surface area contributed by atoms with Gasteiger partial charge in [-0.3, -0.25) is 10.1 Å². The van der Waals surface area contributed by atoms with E-state index in [4.69, 9.17) is 0 Å². The van der Waals surface area contributed by atoms with Crippen LogP contribution in [-0.4, -0.2) is 18.0 Å². The van der Waals surface area contributed by atoms with Crippen molar-refractivity contribution in [1.82, 2.24) is 10.6 Å². The van der Waals surface area contributed by atoms with Gasteiger partial charge in [0, 0.05) is 12.1 Å². The average Bonchev–Trinajstić information content (AvgIpc) is 3.21. The number of hydrogen-bond acceptors (Lipinski definition) is 2. The predicted octanol–water partition coefficient (Wildman–Crippen LogP) is 3.02. The van der Waals surface area contributed by atoms with Crippen molar-refractivity contribution in [3.05, 3.63) is 35.4 Å². The number of hydrogen-bond donors (Lipinski definition) is 2. The van der Waals surface area contributed by atoms with Crippen LogP contribution in [0.4, 0.5) is 13.2 Å². The van der Waals surface area contributed by atoms with Crippen LogP contribution < -0.4 is 10.6 Å². The van der Waals surface area contributed by atoms with Crippen LogP contribution >= 0.6 is 0 Å². The highest BCUT2D eigenvalue weighted by Crippen LogP contribution is 2.34. The monoisotopic (exact) mass is 300 g/mol. The molecule has 0 spiro atoms. The van der Waals surface area contributed by atoms with Gasteiger partial charge in [0.2, 0.25) is 5.91 Å². The molecule has 1 fully saturated rings. The zero-order chi connectivity index (χ0) is 15.6. The number of nitrogens with one attached hydrogen (secondary N) is 2. The van der Waals surface area contributed by atoms with Crippen molar-refractivity contribution in [2.24, 2.45) is 0 Å². The van der Waals surface area contributed by atoms with Crippen LogP contribution in [0.1, 0.15) is 43.9 Å². The molecule has 0 aromatic heterocycles. The topological polar surface area (TPSA) is 41.1 Å². The van der Waals surface area contributed by atoms with E-state index in [1.54, 1.807) is 19.9 Å². The SMILES string of the molecule is CC(NC(C)c1ccccc1C(F)(F)F)C(=O)NC1CC1. The van der Waals surface area contributed by atoms with Gasteiger partial charge in [-0.25, -0.2) is 0 Å². The lowest BCUT2D eigenvalue weighted by molar-refractivity contribution is -0.138. The van der Waals surface area contributed by atoms with Crippen LogP contribution in [0.15, 0.2) is 24.3 Å². The Labute approximate surface area is 121 Å². The van der Waals surface area contributed by atoms with Gasteiger partial charge >= 0.3 is 6.18 Å². The second-order valence-corrected chi connectivity index (χ2v) is 5.48. The van der Waals surface area contributed by atoms with Crippen molar-refractivity contribution < 1.29 is 18.0 Å². The third-order valence-electron chi connectivity index (χ3n) is 3.55. The van der Waals surface area contributed by atoms with Gasteiger partial charge in [0.15, 0.2) is 0 Å². The minimum Gasteiger partial charge on any atom is -0.352 e. The number of halogens is 3. The lowest BCUT2D eigenvalue weighted by atomic mass is 10.0. The molecule has 1 aromatic carbocycles. The van der Waals surface area contributed by atoms with Crippen molar-refractivity contribution in [2.75, 3.05) is 0 Å². The summed E-state index contributed by atoms with van der Waals surface area (Å²) in [6.07, 6.45) is -2.44. The Kier molecular flexibility index (Phi) is 4.56. The minimum absolute atomic E-state index is 0.149. The molecule has 21 heavy (non-hydrogen) atoms. The van der Waals surface area contributed by atoms with Gasteiger partial charge in [-0.15, -0.1) is 0 Å². The molecule has 1 amide bonds. The molecule has 1 aliphatic rings. The van der Waals surface area contributed by atoms with E-state index < -0.39 is 23.8 Å². The van der Waals surface area contributed by atoms with Crippen LogP contribution in [0.2, 0.25) is 0 Å². The van der Waals surface area contributed by atoms with E-state index in [0.29, 0.717) is 0 Å². The van der Waals surface area contributed by atoms with Gasteiger partial charge < -0.3 is 5.32 Å². The highest BCUT2D eigenvalue weighted by Gasteiger charge is 2.34. The molecule has 0 heterocycles. The summed E-state index contributed by atoms with van der Waals surface area (Å²) in [4.78, 5) is 11.8. The molecule has 0 saturated heterocycles. The van der Waals surface area contributed by atoms with Gasteiger partial charge in [0.05, 0.1) is 11.6 Å². The van der Waals surface area contributed by atoms with E-state index in [-0.39, 0.29) is 17.5 Å². The highest BCUT2D eigenvalue weighted by molar-refractivity contribution is 5.81. The molecule has 2 rings (SSSR count). The maximum Gasteiger partial charge on any atom is 0.416 e. The summed E-state index contributed by atoms with van der Waals surface area (Å²) in [5.41, 5.74) is -0.518. The van der Waals surface area contributed by atoms with E-state index in [1.165, 1.54) is 12.1 Å². The third-order valence-corrected chi connectivity index (χ3v) is 3.55. The first kappa shape index (κ1) is 15.8. The fourth-order valence-corrected chi connectivity index (χ4v) is 2.23. The quantitative estimate of drug-likeness (QED) is 0.877. The summed E-state index contributed by atoms with van der Waals surface area (Å²) < 4.78 is 38.9. The Morgan fingerprint density at radius 2 is 1.86 bits per heavy atom. The second kappa shape index (κ2) is 6.05. The normalized spacial score (nSPS) is 18.1. The van der Waals surface area contributed by atoms with Crippen molar-refractivity contribution in [3.63, 3.8) is 0 Å². The Balaban J connectivity index is 2.05. The Morgan fingerprint density at radius 1 is 1.24 bits per heavy atom. The first-order valence-corrected chi connectivity index (χ1v) is 7.01. The molecule has 116 valence electrons. The molecule has 0 aliphatic heterocycles. The Morgan fingerprint density at radius 3 is 2.43 bits per heavy atom. The largest absolute Gasteiger partial charge is 0.416 e. The highest BCUT2D eigenvalue weighted by atomic mass is 19.4. The summed E-state index contributed by atoms with van der Waals surface area (Å²) in [6.45, 7) is 3.29. The van der Waals surface area contributed by atoms with Gasteiger partial charge in [-0.05, 0) is 38.3 Å². The standard InChI is InChI=1S/C15H19F3N2O/c1-9(19-10(2)14(21)20-11-7-8-11)12-5-3-4-6-13(12)15(16,17)18/h3-6,9-11,19H,7-8H2,1-2H3,(H,20,21). The lowest BCUT2D eigenvalue weighted by Crippen LogP contribution is -2.44. The average molecular weight is 300 g/mol.